The Hall–Kier alpha value is -4.56. The molecule has 2 aromatic rings. The SMILES string of the molecule is CC(NC(=O)C(O)C(C)C)C(=O)N1CCC[C@@H](C(=O)NC(C)c2ccc3ccc(/C=C/C4(C(=O)O)COC(=O)OC4)cc3n2)N1. The fourth-order valence-electron chi connectivity index (χ4n) is 4.92. The third-order valence-corrected chi connectivity index (χ3v) is 7.85. The van der Waals surface area contributed by atoms with Gasteiger partial charge >= 0.3 is 12.1 Å². The van der Waals surface area contributed by atoms with E-state index in [0.717, 1.165) is 5.39 Å². The van der Waals surface area contributed by atoms with Gasteiger partial charge in [0.05, 0.1) is 17.3 Å². The van der Waals surface area contributed by atoms with Gasteiger partial charge in [-0.3, -0.25) is 29.2 Å². The Labute approximate surface area is 260 Å². The van der Waals surface area contributed by atoms with Crippen molar-refractivity contribution < 1.29 is 43.7 Å². The number of nitrogens with zero attached hydrogens (tertiary/aromatic N) is 2. The third kappa shape index (κ3) is 7.94. The van der Waals surface area contributed by atoms with Crippen LogP contribution in [0.3, 0.4) is 0 Å². The number of carbonyl (C=O) groups excluding carboxylic acids is 4. The molecule has 1 aromatic carbocycles. The number of hydrazine groups is 1. The number of hydrogen-bond acceptors (Lipinski definition) is 10. The van der Waals surface area contributed by atoms with Crippen molar-refractivity contribution in [1.82, 2.24) is 26.1 Å². The van der Waals surface area contributed by atoms with Crippen LogP contribution in [0.2, 0.25) is 0 Å². The van der Waals surface area contributed by atoms with Crippen LogP contribution >= 0.6 is 0 Å². The number of cyclic esters (lactones) is 2. The van der Waals surface area contributed by atoms with Gasteiger partial charge in [0.2, 0.25) is 11.8 Å². The van der Waals surface area contributed by atoms with Gasteiger partial charge in [0.15, 0.2) is 5.41 Å². The molecule has 4 rings (SSSR count). The maximum absolute atomic E-state index is 13.2. The number of aliphatic carboxylic acids is 1. The smallest absolute Gasteiger partial charge is 0.480 e. The first-order valence-electron chi connectivity index (χ1n) is 14.8. The van der Waals surface area contributed by atoms with E-state index in [9.17, 15) is 34.2 Å². The summed E-state index contributed by atoms with van der Waals surface area (Å²) >= 11 is 0. The highest BCUT2D eigenvalue weighted by molar-refractivity contribution is 5.90. The summed E-state index contributed by atoms with van der Waals surface area (Å²) in [5.74, 6) is -2.85. The number of fused-ring (bicyclic) bond motifs is 1. The lowest BCUT2D eigenvalue weighted by molar-refractivity contribution is -0.155. The molecule has 1 aromatic heterocycles. The zero-order chi connectivity index (χ0) is 32.9. The van der Waals surface area contributed by atoms with Crippen LogP contribution < -0.4 is 16.1 Å². The Morgan fingerprint density at radius 3 is 2.44 bits per heavy atom. The molecular weight excluding hydrogens is 586 g/mol. The van der Waals surface area contributed by atoms with E-state index in [1.165, 1.54) is 18.0 Å². The number of aromatic nitrogens is 1. The molecule has 2 saturated heterocycles. The van der Waals surface area contributed by atoms with Crippen LogP contribution in [-0.2, 0) is 28.7 Å². The molecule has 3 unspecified atom stereocenters. The number of ether oxygens (including phenoxy) is 2. The molecule has 45 heavy (non-hydrogen) atoms. The molecule has 14 nitrogen and oxygen atoms in total. The molecule has 3 heterocycles. The molecule has 5 N–H and O–H groups in total. The normalized spacial score (nSPS) is 20.2. The molecule has 0 radical (unpaired) electrons. The molecule has 0 bridgehead atoms. The average molecular weight is 626 g/mol. The van der Waals surface area contributed by atoms with Crippen LogP contribution in [0.25, 0.3) is 17.0 Å². The molecule has 2 aliphatic heterocycles. The van der Waals surface area contributed by atoms with Crippen molar-refractivity contribution in [3.63, 3.8) is 0 Å². The number of carboxylic acid groups (broad SMARTS) is 1. The van der Waals surface area contributed by atoms with Crippen molar-refractivity contribution in [3.05, 3.63) is 47.7 Å². The lowest BCUT2D eigenvalue weighted by Crippen LogP contribution is -2.61. The van der Waals surface area contributed by atoms with Crippen molar-refractivity contribution >= 4 is 46.8 Å². The number of nitrogens with one attached hydrogen (secondary N) is 3. The molecule has 0 saturated carbocycles. The fourth-order valence-corrected chi connectivity index (χ4v) is 4.92. The number of aliphatic hydroxyl groups is 1. The first-order valence-corrected chi connectivity index (χ1v) is 14.8. The van der Waals surface area contributed by atoms with Crippen LogP contribution in [0.4, 0.5) is 4.79 Å². The number of benzene rings is 1. The Balaban J connectivity index is 1.39. The topological polar surface area (TPSA) is 196 Å². The molecule has 242 valence electrons. The van der Waals surface area contributed by atoms with Gasteiger partial charge < -0.3 is 30.3 Å². The number of carbonyl (C=O) groups is 5. The predicted octanol–water partition coefficient (Wildman–Crippen LogP) is 1.68. The minimum Gasteiger partial charge on any atom is -0.480 e. The first-order chi connectivity index (χ1) is 21.3. The van der Waals surface area contributed by atoms with Gasteiger partial charge in [-0.15, -0.1) is 0 Å². The Morgan fingerprint density at radius 2 is 1.78 bits per heavy atom. The van der Waals surface area contributed by atoms with Gasteiger partial charge in [0.25, 0.3) is 5.91 Å². The summed E-state index contributed by atoms with van der Waals surface area (Å²) in [6.07, 6.45) is 1.97. The van der Waals surface area contributed by atoms with Crippen molar-refractivity contribution in [2.45, 2.75) is 64.8 Å². The molecule has 0 aliphatic carbocycles. The molecular formula is C31H39N5O9. The van der Waals surface area contributed by atoms with E-state index in [4.69, 9.17) is 14.5 Å². The highest BCUT2D eigenvalue weighted by Gasteiger charge is 2.43. The third-order valence-electron chi connectivity index (χ3n) is 7.85. The summed E-state index contributed by atoms with van der Waals surface area (Å²) in [5, 5.41) is 27.3. The van der Waals surface area contributed by atoms with E-state index in [1.807, 2.05) is 12.1 Å². The van der Waals surface area contributed by atoms with E-state index < -0.39 is 53.6 Å². The first kappa shape index (κ1) is 33.3. The maximum Gasteiger partial charge on any atom is 0.508 e. The number of pyridine rings is 1. The zero-order valence-electron chi connectivity index (χ0n) is 25.6. The molecule has 14 heteroatoms. The molecule has 3 amide bonds. The van der Waals surface area contributed by atoms with Crippen LogP contribution in [0.15, 0.2) is 36.4 Å². The van der Waals surface area contributed by atoms with Crippen LogP contribution in [-0.4, -0.2) is 88.0 Å². The Bertz CT molecular complexity index is 1480. The van der Waals surface area contributed by atoms with E-state index in [0.29, 0.717) is 36.2 Å². The monoisotopic (exact) mass is 625 g/mol. The number of carboxylic acids is 1. The highest BCUT2D eigenvalue weighted by atomic mass is 16.7. The minimum absolute atomic E-state index is 0.302. The second kappa shape index (κ2) is 14.0. The standard InChI is InChI=1S/C31H39N5O9/c1-17(2)25(37)27(39)33-19(4)28(40)36-13-5-6-23(35-36)26(38)32-18(3)22-10-9-21-8-7-20(14-24(21)34-22)11-12-31(29(41)42)15-44-30(43)45-16-31/h7-12,14,17-19,23,25,35,37H,5-6,13,15-16H2,1-4H3,(H,32,38)(H,33,39)(H,41,42)/b12-11+/t18?,19?,23-,25?/m0/s1. The van der Waals surface area contributed by atoms with E-state index >= 15 is 0 Å². The maximum atomic E-state index is 13.2. The number of rotatable bonds is 10. The van der Waals surface area contributed by atoms with Crippen molar-refractivity contribution in [2.24, 2.45) is 11.3 Å². The zero-order valence-corrected chi connectivity index (χ0v) is 25.6. The van der Waals surface area contributed by atoms with Gasteiger partial charge in [0.1, 0.15) is 31.4 Å². The van der Waals surface area contributed by atoms with Crippen molar-refractivity contribution in [2.75, 3.05) is 19.8 Å². The van der Waals surface area contributed by atoms with Gasteiger partial charge in [-0.2, -0.15) is 0 Å². The number of hydrogen-bond donors (Lipinski definition) is 5. The molecule has 2 fully saturated rings. The van der Waals surface area contributed by atoms with Gasteiger partial charge in [-0.1, -0.05) is 44.2 Å². The second-order valence-electron chi connectivity index (χ2n) is 11.8. The minimum atomic E-state index is -1.51. The van der Waals surface area contributed by atoms with Crippen molar-refractivity contribution in [1.29, 1.82) is 0 Å². The van der Waals surface area contributed by atoms with Crippen LogP contribution in [0, 0.1) is 11.3 Å². The van der Waals surface area contributed by atoms with Gasteiger partial charge in [-0.25, -0.2) is 10.2 Å². The summed E-state index contributed by atoms with van der Waals surface area (Å²) in [5.41, 5.74) is 3.34. The molecule has 2 aliphatic rings. The quantitative estimate of drug-likeness (QED) is 0.241. The lowest BCUT2D eigenvalue weighted by Gasteiger charge is -2.35. The highest BCUT2D eigenvalue weighted by Crippen LogP contribution is 2.27. The number of aliphatic hydroxyl groups excluding tert-OH is 1. The largest absolute Gasteiger partial charge is 0.508 e. The molecule has 0 spiro atoms. The fraction of sp³-hybridized carbons (Fsp3) is 0.484. The van der Waals surface area contributed by atoms with Crippen LogP contribution in [0.5, 0.6) is 0 Å². The summed E-state index contributed by atoms with van der Waals surface area (Å²) in [6.45, 7) is 6.39. The lowest BCUT2D eigenvalue weighted by atomic mass is 9.88. The summed E-state index contributed by atoms with van der Waals surface area (Å²) in [4.78, 5) is 66.2. The Morgan fingerprint density at radius 1 is 1.09 bits per heavy atom. The summed E-state index contributed by atoms with van der Waals surface area (Å²) in [7, 11) is 0. The summed E-state index contributed by atoms with van der Waals surface area (Å²) in [6, 6.07) is 7.03. The van der Waals surface area contributed by atoms with Crippen LogP contribution in [0.1, 0.15) is 57.8 Å². The number of amides is 3. The predicted molar refractivity (Wildman–Crippen MR) is 161 cm³/mol. The Kier molecular flexibility index (Phi) is 10.4. The van der Waals surface area contributed by atoms with Gasteiger partial charge in [0, 0.05) is 11.9 Å². The van der Waals surface area contributed by atoms with E-state index in [2.05, 4.69) is 16.1 Å². The molecule has 4 atom stereocenters. The van der Waals surface area contributed by atoms with E-state index in [1.54, 1.807) is 45.0 Å². The van der Waals surface area contributed by atoms with E-state index in [-0.39, 0.29) is 25.0 Å². The van der Waals surface area contributed by atoms with Crippen molar-refractivity contribution in [3.8, 4) is 0 Å². The second-order valence-corrected chi connectivity index (χ2v) is 11.8. The summed E-state index contributed by atoms with van der Waals surface area (Å²) < 4.78 is 9.60. The van der Waals surface area contributed by atoms with Gasteiger partial charge in [-0.05, 0) is 50.3 Å². The average Bonchev–Trinajstić information content (AvgIpc) is 3.03.